The lowest BCUT2D eigenvalue weighted by Gasteiger charge is -2.06. The molecule has 0 saturated heterocycles. The number of aromatic nitrogens is 4. The molecule has 136 valence electrons. The largest absolute Gasteiger partial charge is 0.472 e. The molecule has 1 amide bonds. The Morgan fingerprint density at radius 3 is 2.96 bits per heavy atom. The number of imidazole rings is 1. The second kappa shape index (κ2) is 7.34. The summed E-state index contributed by atoms with van der Waals surface area (Å²) in [5.41, 5.74) is 7.73. The Kier molecular flexibility index (Phi) is 4.74. The summed E-state index contributed by atoms with van der Waals surface area (Å²) in [6.45, 7) is 0.189. The standard InChI is InChI=1S/C18H14ClN5O2S/c19-16-11(4-3-6-21-16)10-26-17-13(8-14(20)25)27-18(23-17)12-9-22-15-5-1-2-7-24(12)15/h1-7,9H,8,10H2,(H2,20,25). The van der Waals surface area contributed by atoms with E-state index in [2.05, 4.69) is 15.0 Å². The molecule has 0 aliphatic rings. The van der Waals surface area contributed by atoms with Crippen LogP contribution in [0.3, 0.4) is 0 Å². The number of hydrogen-bond donors (Lipinski definition) is 1. The highest BCUT2D eigenvalue weighted by atomic mass is 35.5. The molecular formula is C18H14ClN5O2S. The fourth-order valence-corrected chi connectivity index (χ4v) is 3.79. The van der Waals surface area contributed by atoms with Crippen LogP contribution in [0.15, 0.2) is 48.9 Å². The molecule has 0 aromatic carbocycles. The van der Waals surface area contributed by atoms with Crippen LogP contribution >= 0.6 is 22.9 Å². The molecule has 0 aliphatic carbocycles. The number of nitrogens with two attached hydrogens (primary N) is 1. The maximum atomic E-state index is 11.5. The quantitative estimate of drug-likeness (QED) is 0.502. The average molecular weight is 400 g/mol. The van der Waals surface area contributed by atoms with Crippen LogP contribution < -0.4 is 10.5 Å². The monoisotopic (exact) mass is 399 g/mol. The van der Waals surface area contributed by atoms with Crippen molar-refractivity contribution in [3.63, 3.8) is 0 Å². The van der Waals surface area contributed by atoms with Crippen molar-refractivity contribution in [3.8, 4) is 16.6 Å². The van der Waals surface area contributed by atoms with Crippen molar-refractivity contribution < 1.29 is 9.53 Å². The van der Waals surface area contributed by atoms with Crippen LogP contribution in [0, 0.1) is 0 Å². The second-order valence-corrected chi connectivity index (χ2v) is 7.15. The average Bonchev–Trinajstić information content (AvgIpc) is 3.24. The number of pyridine rings is 2. The number of rotatable bonds is 6. The molecule has 0 radical (unpaired) electrons. The normalized spacial score (nSPS) is 11.0. The Morgan fingerprint density at radius 2 is 2.15 bits per heavy atom. The third-order valence-electron chi connectivity index (χ3n) is 3.83. The molecule has 0 aliphatic heterocycles. The minimum atomic E-state index is -0.451. The number of amides is 1. The van der Waals surface area contributed by atoms with Gasteiger partial charge in [-0.25, -0.2) is 9.97 Å². The predicted molar refractivity (Wildman–Crippen MR) is 103 cm³/mol. The van der Waals surface area contributed by atoms with Crippen molar-refractivity contribution in [2.45, 2.75) is 13.0 Å². The van der Waals surface area contributed by atoms with Crippen LogP contribution in [0.25, 0.3) is 16.3 Å². The lowest BCUT2D eigenvalue weighted by atomic mass is 10.3. The van der Waals surface area contributed by atoms with Gasteiger partial charge in [-0.05, 0) is 18.2 Å². The Morgan fingerprint density at radius 1 is 1.26 bits per heavy atom. The number of thiazole rings is 1. The zero-order chi connectivity index (χ0) is 18.8. The molecule has 4 aromatic rings. The summed E-state index contributed by atoms with van der Waals surface area (Å²) in [5, 5.41) is 1.06. The number of nitrogens with zero attached hydrogens (tertiary/aromatic N) is 4. The zero-order valence-corrected chi connectivity index (χ0v) is 15.6. The van der Waals surface area contributed by atoms with Gasteiger partial charge in [-0.15, -0.1) is 11.3 Å². The third-order valence-corrected chi connectivity index (χ3v) is 5.23. The molecule has 4 rings (SSSR count). The molecule has 0 spiro atoms. The van der Waals surface area contributed by atoms with Crippen LogP contribution in [0.4, 0.5) is 0 Å². The minimum Gasteiger partial charge on any atom is -0.472 e. The van der Waals surface area contributed by atoms with E-state index in [0.717, 1.165) is 16.9 Å². The molecule has 7 nitrogen and oxygen atoms in total. The van der Waals surface area contributed by atoms with Gasteiger partial charge >= 0.3 is 0 Å². The van der Waals surface area contributed by atoms with Crippen LogP contribution in [-0.4, -0.2) is 25.3 Å². The summed E-state index contributed by atoms with van der Waals surface area (Å²) in [5.74, 6) is -0.0906. The van der Waals surface area contributed by atoms with Crippen molar-refractivity contribution in [3.05, 3.63) is 64.5 Å². The van der Waals surface area contributed by atoms with Gasteiger partial charge in [0, 0.05) is 18.0 Å². The Hall–Kier alpha value is -2.97. The topological polar surface area (TPSA) is 95.4 Å². The van der Waals surface area contributed by atoms with Gasteiger partial charge in [0.15, 0.2) is 0 Å². The predicted octanol–water partition coefficient (Wildman–Crippen LogP) is 3.11. The maximum absolute atomic E-state index is 11.5. The number of carbonyl (C=O) groups is 1. The number of primary amides is 1. The summed E-state index contributed by atoms with van der Waals surface area (Å²) < 4.78 is 7.76. The van der Waals surface area contributed by atoms with E-state index in [9.17, 15) is 4.79 Å². The van der Waals surface area contributed by atoms with E-state index in [4.69, 9.17) is 22.1 Å². The van der Waals surface area contributed by atoms with E-state index in [1.165, 1.54) is 11.3 Å². The summed E-state index contributed by atoms with van der Waals surface area (Å²) in [6, 6.07) is 9.33. The fourth-order valence-electron chi connectivity index (χ4n) is 2.59. The van der Waals surface area contributed by atoms with Gasteiger partial charge in [0.2, 0.25) is 11.8 Å². The van der Waals surface area contributed by atoms with E-state index < -0.39 is 5.91 Å². The summed E-state index contributed by atoms with van der Waals surface area (Å²) in [4.78, 5) is 25.1. The number of hydrogen-bond acceptors (Lipinski definition) is 6. The molecule has 4 heterocycles. The van der Waals surface area contributed by atoms with Gasteiger partial charge in [0.25, 0.3) is 0 Å². The number of carbonyl (C=O) groups excluding carboxylic acids is 1. The zero-order valence-electron chi connectivity index (χ0n) is 14.0. The summed E-state index contributed by atoms with van der Waals surface area (Å²) in [7, 11) is 0. The highest BCUT2D eigenvalue weighted by molar-refractivity contribution is 7.15. The van der Waals surface area contributed by atoms with Gasteiger partial charge in [0.05, 0.1) is 17.5 Å². The van der Waals surface area contributed by atoms with E-state index in [0.29, 0.717) is 20.9 Å². The van der Waals surface area contributed by atoms with E-state index in [1.54, 1.807) is 18.5 Å². The lowest BCUT2D eigenvalue weighted by molar-refractivity contribution is -0.117. The molecule has 4 aromatic heterocycles. The van der Waals surface area contributed by atoms with Crippen LogP contribution in [0.5, 0.6) is 5.88 Å². The van der Waals surface area contributed by atoms with Gasteiger partial charge < -0.3 is 10.5 Å². The third kappa shape index (κ3) is 3.62. The van der Waals surface area contributed by atoms with Gasteiger partial charge in [-0.3, -0.25) is 9.20 Å². The van der Waals surface area contributed by atoms with Gasteiger partial charge in [0.1, 0.15) is 28.1 Å². The fraction of sp³-hybridized carbons (Fsp3) is 0.111. The van der Waals surface area contributed by atoms with E-state index in [1.807, 2.05) is 34.9 Å². The Labute approximate surface area is 163 Å². The number of ether oxygens (including phenoxy) is 1. The number of halogens is 1. The van der Waals surface area contributed by atoms with Crippen LogP contribution in [0.1, 0.15) is 10.4 Å². The first-order valence-corrected chi connectivity index (χ1v) is 9.24. The smallest absolute Gasteiger partial charge is 0.229 e. The molecular weight excluding hydrogens is 386 g/mol. The summed E-state index contributed by atoms with van der Waals surface area (Å²) in [6.07, 6.45) is 5.30. The minimum absolute atomic E-state index is 0.0461. The van der Waals surface area contributed by atoms with Crippen molar-refractivity contribution in [2.24, 2.45) is 5.73 Å². The maximum Gasteiger partial charge on any atom is 0.229 e. The van der Waals surface area contributed by atoms with Crippen molar-refractivity contribution in [2.75, 3.05) is 0 Å². The number of fused-ring (bicyclic) bond motifs is 1. The van der Waals surface area contributed by atoms with Crippen LogP contribution in [-0.2, 0) is 17.8 Å². The highest BCUT2D eigenvalue weighted by Gasteiger charge is 2.18. The van der Waals surface area contributed by atoms with Crippen molar-refractivity contribution in [1.29, 1.82) is 0 Å². The second-order valence-electron chi connectivity index (χ2n) is 5.70. The van der Waals surface area contributed by atoms with E-state index >= 15 is 0 Å². The molecule has 0 atom stereocenters. The molecule has 9 heteroatoms. The van der Waals surface area contributed by atoms with Crippen molar-refractivity contribution in [1.82, 2.24) is 19.4 Å². The summed E-state index contributed by atoms with van der Waals surface area (Å²) >= 11 is 7.43. The first-order valence-electron chi connectivity index (χ1n) is 8.04. The SMILES string of the molecule is NC(=O)Cc1sc(-c2cnc3ccccn23)nc1OCc1cccnc1Cl. The van der Waals surface area contributed by atoms with Gasteiger partial charge in [-0.2, -0.15) is 4.98 Å². The highest BCUT2D eigenvalue weighted by Crippen LogP contribution is 2.33. The molecule has 0 saturated carbocycles. The Bertz CT molecular complexity index is 1120. The molecule has 0 bridgehead atoms. The molecule has 0 unspecified atom stereocenters. The van der Waals surface area contributed by atoms with E-state index in [-0.39, 0.29) is 13.0 Å². The lowest BCUT2D eigenvalue weighted by Crippen LogP contribution is -2.13. The first-order chi connectivity index (χ1) is 13.1. The molecule has 27 heavy (non-hydrogen) atoms. The Balaban J connectivity index is 1.68. The first kappa shape index (κ1) is 17.4. The molecule has 2 N–H and O–H groups in total. The van der Waals surface area contributed by atoms with Crippen molar-refractivity contribution >= 4 is 34.5 Å². The molecule has 0 fully saturated rings. The van der Waals surface area contributed by atoms with Gasteiger partial charge in [-0.1, -0.05) is 23.7 Å². The van der Waals surface area contributed by atoms with Crippen LogP contribution in [0.2, 0.25) is 5.15 Å².